The standard InChI is InChI=1S/C17H22N2O4/c20-16(18-7-9-19-8-3-10-23-17(19)21)14-6-11-22-15-5-2-1-4-13(15)12-14/h1-2,4-5,14H,3,6-12H2,(H,18,20)/t14-/m0/s1. The maximum Gasteiger partial charge on any atom is 0.409 e. The lowest BCUT2D eigenvalue weighted by atomic mass is 9.96. The van der Waals surface area contributed by atoms with Gasteiger partial charge in [0.25, 0.3) is 0 Å². The van der Waals surface area contributed by atoms with Crippen molar-refractivity contribution in [1.82, 2.24) is 10.2 Å². The fraction of sp³-hybridized carbons (Fsp3) is 0.529. The third kappa shape index (κ3) is 3.94. The SMILES string of the molecule is O=C(NCCN1CCCOC1=O)[C@H]1CCOc2ccccc2C1. The molecule has 1 aromatic carbocycles. The number of ether oxygens (including phenoxy) is 2. The van der Waals surface area contributed by atoms with Crippen molar-refractivity contribution in [3.05, 3.63) is 29.8 Å². The van der Waals surface area contributed by atoms with E-state index in [2.05, 4.69) is 5.32 Å². The van der Waals surface area contributed by atoms with E-state index < -0.39 is 0 Å². The maximum absolute atomic E-state index is 12.4. The number of carbonyl (C=O) groups excluding carboxylic acids is 2. The van der Waals surface area contributed by atoms with Crippen LogP contribution in [0.25, 0.3) is 0 Å². The Labute approximate surface area is 135 Å². The average molecular weight is 318 g/mol. The van der Waals surface area contributed by atoms with Crippen molar-refractivity contribution in [2.45, 2.75) is 19.3 Å². The second-order valence-corrected chi connectivity index (χ2v) is 5.89. The molecular weight excluding hydrogens is 296 g/mol. The van der Waals surface area contributed by atoms with Gasteiger partial charge in [-0.2, -0.15) is 0 Å². The van der Waals surface area contributed by atoms with Gasteiger partial charge >= 0.3 is 6.09 Å². The van der Waals surface area contributed by atoms with Gasteiger partial charge < -0.3 is 19.7 Å². The summed E-state index contributed by atoms with van der Waals surface area (Å²) in [4.78, 5) is 25.5. The number of nitrogens with one attached hydrogen (secondary N) is 1. The first kappa shape index (κ1) is 15.6. The largest absolute Gasteiger partial charge is 0.493 e. The van der Waals surface area contributed by atoms with E-state index in [1.165, 1.54) is 0 Å². The molecule has 0 spiro atoms. The Morgan fingerprint density at radius 3 is 3.00 bits per heavy atom. The Kier molecular flexibility index (Phi) is 5.00. The van der Waals surface area contributed by atoms with Gasteiger partial charge in [0, 0.05) is 25.6 Å². The molecule has 2 aliphatic heterocycles. The van der Waals surface area contributed by atoms with Crippen LogP contribution in [0.5, 0.6) is 5.75 Å². The second-order valence-electron chi connectivity index (χ2n) is 5.89. The summed E-state index contributed by atoms with van der Waals surface area (Å²) in [6.45, 7) is 2.67. The van der Waals surface area contributed by atoms with Crippen LogP contribution >= 0.6 is 0 Å². The number of para-hydroxylation sites is 1. The summed E-state index contributed by atoms with van der Waals surface area (Å²) in [7, 11) is 0. The van der Waals surface area contributed by atoms with Gasteiger partial charge in [-0.3, -0.25) is 4.79 Å². The quantitative estimate of drug-likeness (QED) is 0.915. The molecule has 3 rings (SSSR count). The number of rotatable bonds is 4. The minimum absolute atomic E-state index is 0.0238. The first-order chi connectivity index (χ1) is 11.2. The molecule has 1 fully saturated rings. The van der Waals surface area contributed by atoms with Crippen LogP contribution in [-0.4, -0.2) is 49.7 Å². The summed E-state index contributed by atoms with van der Waals surface area (Å²) in [6.07, 6.45) is 1.94. The van der Waals surface area contributed by atoms with E-state index >= 15 is 0 Å². The van der Waals surface area contributed by atoms with E-state index in [4.69, 9.17) is 9.47 Å². The number of carbonyl (C=O) groups is 2. The van der Waals surface area contributed by atoms with E-state index in [-0.39, 0.29) is 17.9 Å². The molecule has 2 amide bonds. The van der Waals surface area contributed by atoms with E-state index in [0.29, 0.717) is 45.7 Å². The molecule has 0 unspecified atom stereocenters. The number of hydrogen-bond acceptors (Lipinski definition) is 4. The zero-order valence-electron chi connectivity index (χ0n) is 13.1. The minimum Gasteiger partial charge on any atom is -0.493 e. The van der Waals surface area contributed by atoms with Crippen molar-refractivity contribution in [1.29, 1.82) is 0 Å². The highest BCUT2D eigenvalue weighted by molar-refractivity contribution is 5.79. The molecule has 0 aromatic heterocycles. The van der Waals surface area contributed by atoms with E-state index in [1.54, 1.807) is 4.90 Å². The summed E-state index contributed by atoms with van der Waals surface area (Å²) in [5, 5.41) is 2.93. The van der Waals surface area contributed by atoms with Crippen molar-refractivity contribution >= 4 is 12.0 Å². The van der Waals surface area contributed by atoms with Crippen molar-refractivity contribution in [2.75, 3.05) is 32.8 Å². The zero-order chi connectivity index (χ0) is 16.1. The third-order valence-electron chi connectivity index (χ3n) is 4.27. The summed E-state index contributed by atoms with van der Waals surface area (Å²) in [5.41, 5.74) is 1.07. The van der Waals surface area contributed by atoms with Crippen LogP contribution in [0.4, 0.5) is 4.79 Å². The number of amides is 2. The first-order valence-electron chi connectivity index (χ1n) is 8.14. The molecule has 1 N–H and O–H groups in total. The number of cyclic esters (lactones) is 1. The number of fused-ring (bicyclic) bond motifs is 1. The molecule has 124 valence electrons. The van der Waals surface area contributed by atoms with Crippen LogP contribution < -0.4 is 10.1 Å². The molecule has 0 aliphatic carbocycles. The molecule has 6 nitrogen and oxygen atoms in total. The van der Waals surface area contributed by atoms with Crippen LogP contribution in [0.2, 0.25) is 0 Å². The van der Waals surface area contributed by atoms with Crippen molar-refractivity contribution in [2.24, 2.45) is 5.92 Å². The third-order valence-corrected chi connectivity index (χ3v) is 4.27. The van der Waals surface area contributed by atoms with Gasteiger partial charge in [-0.25, -0.2) is 4.79 Å². The topological polar surface area (TPSA) is 67.9 Å². The molecule has 2 heterocycles. The second kappa shape index (κ2) is 7.35. The monoisotopic (exact) mass is 318 g/mol. The van der Waals surface area contributed by atoms with Crippen molar-refractivity contribution in [3.63, 3.8) is 0 Å². The van der Waals surface area contributed by atoms with Gasteiger partial charge in [-0.05, 0) is 30.9 Å². The Bertz CT molecular complexity index is 575. The Morgan fingerprint density at radius 2 is 2.13 bits per heavy atom. The number of hydrogen-bond donors (Lipinski definition) is 1. The van der Waals surface area contributed by atoms with Gasteiger partial charge in [0.05, 0.1) is 13.2 Å². The van der Waals surface area contributed by atoms with Crippen LogP contribution in [0.1, 0.15) is 18.4 Å². The van der Waals surface area contributed by atoms with Crippen LogP contribution in [-0.2, 0) is 16.0 Å². The van der Waals surface area contributed by atoms with Gasteiger partial charge in [0.2, 0.25) is 5.91 Å². The predicted molar refractivity (Wildman–Crippen MR) is 84.3 cm³/mol. The summed E-state index contributed by atoms with van der Waals surface area (Å²) in [6, 6.07) is 7.85. The van der Waals surface area contributed by atoms with E-state index in [1.807, 2.05) is 24.3 Å². The highest BCUT2D eigenvalue weighted by atomic mass is 16.6. The number of benzene rings is 1. The predicted octanol–water partition coefficient (Wildman–Crippen LogP) is 1.59. The highest BCUT2D eigenvalue weighted by Gasteiger charge is 2.24. The number of nitrogens with zero attached hydrogens (tertiary/aromatic N) is 1. The summed E-state index contributed by atoms with van der Waals surface area (Å²) < 4.78 is 10.7. The van der Waals surface area contributed by atoms with Crippen molar-refractivity contribution in [3.8, 4) is 5.75 Å². The molecule has 23 heavy (non-hydrogen) atoms. The first-order valence-corrected chi connectivity index (χ1v) is 8.14. The Morgan fingerprint density at radius 1 is 1.26 bits per heavy atom. The molecule has 6 heteroatoms. The zero-order valence-corrected chi connectivity index (χ0v) is 13.1. The fourth-order valence-corrected chi connectivity index (χ4v) is 2.97. The highest BCUT2D eigenvalue weighted by Crippen LogP contribution is 2.26. The Balaban J connectivity index is 1.49. The van der Waals surface area contributed by atoms with E-state index in [9.17, 15) is 9.59 Å². The molecule has 0 radical (unpaired) electrons. The molecule has 1 saturated heterocycles. The molecule has 0 bridgehead atoms. The van der Waals surface area contributed by atoms with E-state index in [0.717, 1.165) is 17.7 Å². The summed E-state index contributed by atoms with van der Waals surface area (Å²) >= 11 is 0. The molecule has 1 atom stereocenters. The smallest absolute Gasteiger partial charge is 0.409 e. The lowest BCUT2D eigenvalue weighted by Crippen LogP contribution is -2.43. The van der Waals surface area contributed by atoms with Gasteiger partial charge in [-0.1, -0.05) is 18.2 Å². The normalized spacial score (nSPS) is 20.8. The molecule has 2 aliphatic rings. The average Bonchev–Trinajstić information content (AvgIpc) is 2.79. The lowest BCUT2D eigenvalue weighted by molar-refractivity contribution is -0.125. The minimum atomic E-state index is -0.290. The fourth-order valence-electron chi connectivity index (χ4n) is 2.97. The molecule has 0 saturated carbocycles. The molecular formula is C17H22N2O4. The van der Waals surface area contributed by atoms with Gasteiger partial charge in [0.1, 0.15) is 5.75 Å². The maximum atomic E-state index is 12.4. The summed E-state index contributed by atoms with van der Waals surface area (Å²) in [5.74, 6) is 0.807. The van der Waals surface area contributed by atoms with Crippen molar-refractivity contribution < 1.29 is 19.1 Å². The van der Waals surface area contributed by atoms with Crippen LogP contribution in [0.3, 0.4) is 0 Å². The van der Waals surface area contributed by atoms with Gasteiger partial charge in [-0.15, -0.1) is 0 Å². The molecule has 1 aromatic rings. The lowest BCUT2D eigenvalue weighted by Gasteiger charge is -2.26. The van der Waals surface area contributed by atoms with Crippen LogP contribution in [0.15, 0.2) is 24.3 Å². The van der Waals surface area contributed by atoms with Gasteiger partial charge in [0.15, 0.2) is 0 Å². The Hall–Kier alpha value is -2.24. The van der Waals surface area contributed by atoms with Crippen LogP contribution in [0, 0.1) is 5.92 Å².